The van der Waals surface area contributed by atoms with Crippen LogP contribution in [0.3, 0.4) is 0 Å². The van der Waals surface area contributed by atoms with Crippen molar-refractivity contribution in [3.63, 3.8) is 0 Å². The summed E-state index contributed by atoms with van der Waals surface area (Å²) in [5, 5.41) is 46.7. The average Bonchev–Trinajstić information content (AvgIpc) is 2.21. The molecular formula is C9H14O6. The zero-order valence-electron chi connectivity index (χ0n) is 7.95. The minimum atomic E-state index is -2.14. The van der Waals surface area contributed by atoms with Gasteiger partial charge in [-0.3, -0.25) is 0 Å². The zero-order valence-corrected chi connectivity index (χ0v) is 7.95. The standard InChI is InChI=1S/C9H14O6/c1-2-3-9(14)8(13)7(12)6(11)5(4-10)15-9/h1,5-8,10-14H,3-4H2/t5-,6-,7+,8+,9-/m1/s1. The molecule has 5 N–H and O–H groups in total. The second-order valence-electron chi connectivity index (χ2n) is 3.49. The van der Waals surface area contributed by atoms with Gasteiger partial charge in [0.1, 0.15) is 24.4 Å². The van der Waals surface area contributed by atoms with Gasteiger partial charge >= 0.3 is 0 Å². The van der Waals surface area contributed by atoms with Crippen LogP contribution in [0.4, 0.5) is 0 Å². The van der Waals surface area contributed by atoms with Crippen LogP contribution in [0.5, 0.6) is 0 Å². The molecule has 0 amide bonds. The van der Waals surface area contributed by atoms with Gasteiger partial charge in [-0.1, -0.05) is 0 Å². The lowest BCUT2D eigenvalue weighted by atomic mass is 9.91. The first kappa shape index (κ1) is 12.4. The monoisotopic (exact) mass is 218 g/mol. The van der Waals surface area contributed by atoms with Gasteiger partial charge in [0.05, 0.1) is 13.0 Å². The third kappa shape index (κ3) is 2.13. The Morgan fingerprint density at radius 2 is 1.87 bits per heavy atom. The molecule has 0 spiro atoms. The lowest BCUT2D eigenvalue weighted by Gasteiger charge is -2.44. The van der Waals surface area contributed by atoms with Crippen molar-refractivity contribution in [2.45, 2.75) is 36.6 Å². The van der Waals surface area contributed by atoms with Crippen LogP contribution in [0.2, 0.25) is 0 Å². The minimum Gasteiger partial charge on any atom is -0.394 e. The highest BCUT2D eigenvalue weighted by atomic mass is 16.7. The molecule has 6 heteroatoms. The van der Waals surface area contributed by atoms with Crippen molar-refractivity contribution in [2.75, 3.05) is 6.61 Å². The van der Waals surface area contributed by atoms with E-state index >= 15 is 0 Å². The summed E-state index contributed by atoms with van der Waals surface area (Å²) in [6.45, 7) is -0.599. The smallest absolute Gasteiger partial charge is 0.206 e. The Kier molecular flexibility index (Phi) is 3.67. The second-order valence-corrected chi connectivity index (χ2v) is 3.49. The van der Waals surface area contributed by atoms with E-state index in [9.17, 15) is 20.4 Å². The molecule has 1 heterocycles. The largest absolute Gasteiger partial charge is 0.394 e. The number of rotatable bonds is 2. The van der Waals surface area contributed by atoms with E-state index in [-0.39, 0.29) is 6.42 Å². The van der Waals surface area contributed by atoms with Crippen LogP contribution in [-0.2, 0) is 4.74 Å². The third-order valence-electron chi connectivity index (χ3n) is 2.41. The predicted molar refractivity (Wildman–Crippen MR) is 48.4 cm³/mol. The normalized spacial score (nSPS) is 46.1. The maximum absolute atomic E-state index is 9.73. The van der Waals surface area contributed by atoms with Gasteiger partial charge in [0, 0.05) is 0 Å². The zero-order chi connectivity index (χ0) is 11.6. The van der Waals surface area contributed by atoms with E-state index < -0.39 is 36.8 Å². The van der Waals surface area contributed by atoms with Crippen LogP contribution in [0.1, 0.15) is 6.42 Å². The molecular weight excluding hydrogens is 204 g/mol. The molecule has 0 radical (unpaired) electrons. The summed E-state index contributed by atoms with van der Waals surface area (Å²) in [5.41, 5.74) is 0. The topological polar surface area (TPSA) is 110 Å². The van der Waals surface area contributed by atoms with Gasteiger partial charge in [0.2, 0.25) is 5.79 Å². The molecule has 0 unspecified atom stereocenters. The molecule has 15 heavy (non-hydrogen) atoms. The first-order chi connectivity index (χ1) is 6.96. The van der Waals surface area contributed by atoms with E-state index in [1.165, 1.54) is 0 Å². The molecule has 86 valence electrons. The molecule has 1 fully saturated rings. The summed E-state index contributed by atoms with van der Waals surface area (Å²) < 4.78 is 4.86. The van der Waals surface area contributed by atoms with Crippen LogP contribution in [-0.4, -0.2) is 62.3 Å². The highest BCUT2D eigenvalue weighted by Gasteiger charge is 2.52. The van der Waals surface area contributed by atoms with Crippen LogP contribution < -0.4 is 0 Å². The van der Waals surface area contributed by atoms with E-state index in [1.54, 1.807) is 0 Å². The van der Waals surface area contributed by atoms with Gasteiger partial charge in [-0.15, -0.1) is 12.3 Å². The number of ether oxygens (including phenoxy) is 1. The summed E-state index contributed by atoms with van der Waals surface area (Å²) in [5.74, 6) is -0.0591. The maximum atomic E-state index is 9.73. The number of aliphatic hydroxyl groups excluding tert-OH is 4. The van der Waals surface area contributed by atoms with E-state index in [0.717, 1.165) is 0 Å². The molecule has 5 atom stereocenters. The van der Waals surface area contributed by atoms with Gasteiger partial charge < -0.3 is 30.3 Å². The second kappa shape index (κ2) is 4.45. The Morgan fingerprint density at radius 1 is 1.27 bits per heavy atom. The summed E-state index contributed by atoms with van der Waals surface area (Å²) in [6, 6.07) is 0. The summed E-state index contributed by atoms with van der Waals surface area (Å²) in [7, 11) is 0. The SMILES string of the molecule is C#CC[C@@]1(O)O[C@H](CO)[C@@H](O)[C@H](O)[C@@H]1O. The predicted octanol–water partition coefficient (Wildman–Crippen LogP) is -2.83. The first-order valence-corrected chi connectivity index (χ1v) is 4.45. The summed E-state index contributed by atoms with van der Waals surface area (Å²) in [4.78, 5) is 0. The number of aliphatic hydroxyl groups is 5. The Balaban J connectivity index is 2.88. The van der Waals surface area contributed by atoms with Gasteiger partial charge in [0.15, 0.2) is 0 Å². The van der Waals surface area contributed by atoms with Gasteiger partial charge in [-0.25, -0.2) is 0 Å². The third-order valence-corrected chi connectivity index (χ3v) is 2.41. The van der Waals surface area contributed by atoms with E-state index in [4.69, 9.17) is 16.3 Å². The van der Waals surface area contributed by atoms with Crippen molar-refractivity contribution in [2.24, 2.45) is 0 Å². The average molecular weight is 218 g/mol. The molecule has 0 aromatic heterocycles. The van der Waals surface area contributed by atoms with E-state index in [2.05, 4.69) is 5.92 Å². The lowest BCUT2D eigenvalue weighted by molar-refractivity contribution is -0.346. The quantitative estimate of drug-likeness (QED) is 0.320. The van der Waals surface area contributed by atoms with Crippen LogP contribution in [0, 0.1) is 12.3 Å². The number of terminal acetylenes is 1. The van der Waals surface area contributed by atoms with Gasteiger partial charge in [0.25, 0.3) is 0 Å². The summed E-state index contributed by atoms with van der Waals surface area (Å²) in [6.07, 6.45) is -1.37. The lowest BCUT2D eigenvalue weighted by Crippen LogP contribution is -2.65. The van der Waals surface area contributed by atoms with Crippen LogP contribution in [0.15, 0.2) is 0 Å². The molecule has 1 saturated heterocycles. The highest BCUT2D eigenvalue weighted by molar-refractivity contribution is 5.02. The Morgan fingerprint density at radius 3 is 2.33 bits per heavy atom. The molecule has 0 aromatic rings. The maximum Gasteiger partial charge on any atom is 0.206 e. The van der Waals surface area contributed by atoms with Gasteiger partial charge in [-0.05, 0) is 0 Å². The van der Waals surface area contributed by atoms with E-state index in [1.807, 2.05) is 0 Å². The van der Waals surface area contributed by atoms with Crippen molar-refractivity contribution in [3.8, 4) is 12.3 Å². The highest BCUT2D eigenvalue weighted by Crippen LogP contribution is 2.30. The molecule has 1 rings (SSSR count). The molecule has 0 aliphatic carbocycles. The Bertz CT molecular complexity index is 260. The van der Waals surface area contributed by atoms with Crippen molar-refractivity contribution in [1.29, 1.82) is 0 Å². The van der Waals surface area contributed by atoms with Crippen LogP contribution in [0.25, 0.3) is 0 Å². The van der Waals surface area contributed by atoms with Crippen molar-refractivity contribution in [3.05, 3.63) is 0 Å². The fourth-order valence-corrected chi connectivity index (χ4v) is 1.51. The van der Waals surface area contributed by atoms with E-state index in [0.29, 0.717) is 0 Å². The Hall–Kier alpha value is -0.680. The molecule has 1 aliphatic heterocycles. The van der Waals surface area contributed by atoms with Crippen LogP contribution >= 0.6 is 0 Å². The number of hydrogen-bond acceptors (Lipinski definition) is 6. The molecule has 1 aliphatic rings. The van der Waals surface area contributed by atoms with Gasteiger partial charge in [-0.2, -0.15) is 0 Å². The molecule has 0 aromatic carbocycles. The molecule has 6 nitrogen and oxygen atoms in total. The molecule has 0 bridgehead atoms. The fraction of sp³-hybridized carbons (Fsp3) is 0.778. The first-order valence-electron chi connectivity index (χ1n) is 4.45. The minimum absolute atomic E-state index is 0.353. The number of hydrogen-bond donors (Lipinski definition) is 5. The fourth-order valence-electron chi connectivity index (χ4n) is 1.51. The van der Waals surface area contributed by atoms with Crippen molar-refractivity contribution < 1.29 is 30.3 Å². The molecule has 0 saturated carbocycles. The van der Waals surface area contributed by atoms with Crippen molar-refractivity contribution >= 4 is 0 Å². The summed E-state index contributed by atoms with van der Waals surface area (Å²) >= 11 is 0. The Labute approximate surface area is 86.7 Å². The van der Waals surface area contributed by atoms with Crippen molar-refractivity contribution in [1.82, 2.24) is 0 Å².